The van der Waals surface area contributed by atoms with E-state index in [0.717, 1.165) is 75.0 Å². The first-order valence-corrected chi connectivity index (χ1v) is 21.4. The van der Waals surface area contributed by atoms with Gasteiger partial charge in [0.05, 0.1) is 22.4 Å². The topological polar surface area (TPSA) is 59.7 Å². The quantitative estimate of drug-likeness (QED) is 0.150. The van der Waals surface area contributed by atoms with Crippen LogP contribution in [0.1, 0.15) is 24.3 Å². The molecule has 0 amide bonds. The second-order valence-corrected chi connectivity index (χ2v) is 16.2. The molecule has 0 N–H and O–H groups in total. The average Bonchev–Trinajstić information content (AvgIpc) is 3.87. The number of para-hydroxylation sites is 1. The molecule has 12 rings (SSSR count). The van der Waals surface area contributed by atoms with E-state index in [-0.39, 0.29) is 12.0 Å². The summed E-state index contributed by atoms with van der Waals surface area (Å²) in [6.07, 6.45) is 6.85. The number of anilines is 2. The average molecular weight is 797 g/mol. The van der Waals surface area contributed by atoms with Crippen LogP contribution in [0.3, 0.4) is 0 Å². The monoisotopic (exact) mass is 796 g/mol. The fourth-order valence-corrected chi connectivity index (χ4v) is 9.56. The van der Waals surface area contributed by atoms with E-state index >= 15 is 0 Å². The van der Waals surface area contributed by atoms with Gasteiger partial charge in [-0.25, -0.2) is 19.9 Å². The van der Waals surface area contributed by atoms with Gasteiger partial charge >= 0.3 is 0 Å². The Morgan fingerprint density at radius 2 is 0.952 bits per heavy atom. The highest BCUT2D eigenvalue weighted by molar-refractivity contribution is 6.10. The lowest BCUT2D eigenvalue weighted by Gasteiger charge is -2.31. The van der Waals surface area contributed by atoms with Crippen LogP contribution in [0.4, 0.5) is 11.5 Å². The second kappa shape index (κ2) is 14.9. The molecule has 0 saturated carbocycles. The Bertz CT molecular complexity index is 3190. The standard InChI is InChI=1S/C56H40N6/c1-5-17-37(18-6-1)47-35-53(59-55(57-47)39-21-9-3-10-22-39)61-49-27-15-13-25-43(49)45-33-41(29-31-51(45)61)42-30-32-52-46(34-42)44-26-14-16-28-50(44)62(52)54-36-48(38-19-7-2-8-20-38)58-56(60-54)40-23-11-4-12-24-40/h1-15,17-27,29-36,44,50H,16,28H2. The minimum Gasteiger partial charge on any atom is -0.322 e. The van der Waals surface area contributed by atoms with Gasteiger partial charge in [-0.2, -0.15) is 0 Å². The number of rotatable bonds is 7. The first-order chi connectivity index (χ1) is 30.7. The summed E-state index contributed by atoms with van der Waals surface area (Å²) >= 11 is 0. The third kappa shape index (κ3) is 6.19. The summed E-state index contributed by atoms with van der Waals surface area (Å²) < 4.78 is 2.29. The van der Waals surface area contributed by atoms with E-state index in [0.29, 0.717) is 5.82 Å². The fourth-order valence-electron chi connectivity index (χ4n) is 9.56. The lowest BCUT2D eigenvalue weighted by Crippen LogP contribution is -2.31. The first kappa shape index (κ1) is 35.9. The number of allylic oxidation sites excluding steroid dienone is 1. The van der Waals surface area contributed by atoms with Crippen LogP contribution in [0.5, 0.6) is 0 Å². The van der Waals surface area contributed by atoms with E-state index in [1.165, 1.54) is 33.2 Å². The maximum atomic E-state index is 5.30. The molecule has 6 nitrogen and oxygen atoms in total. The van der Waals surface area contributed by atoms with Crippen LogP contribution in [0.2, 0.25) is 0 Å². The van der Waals surface area contributed by atoms with Crippen molar-refractivity contribution in [2.45, 2.75) is 24.8 Å². The van der Waals surface area contributed by atoms with Crippen molar-refractivity contribution in [2.24, 2.45) is 0 Å². The normalized spacial score (nSPS) is 15.5. The Balaban J connectivity index is 0.985. The molecule has 62 heavy (non-hydrogen) atoms. The van der Waals surface area contributed by atoms with Crippen molar-refractivity contribution >= 4 is 33.3 Å². The molecule has 10 aromatic rings. The largest absolute Gasteiger partial charge is 0.322 e. The lowest BCUT2D eigenvalue weighted by atomic mass is 9.86. The summed E-state index contributed by atoms with van der Waals surface area (Å²) in [6, 6.07) is 68.5. The molecule has 2 aliphatic rings. The summed E-state index contributed by atoms with van der Waals surface area (Å²) in [7, 11) is 0. The molecule has 0 spiro atoms. The van der Waals surface area contributed by atoms with E-state index in [4.69, 9.17) is 19.9 Å². The number of hydrogen-bond acceptors (Lipinski definition) is 5. The molecule has 0 radical (unpaired) electrons. The van der Waals surface area contributed by atoms with E-state index in [1.807, 2.05) is 36.4 Å². The predicted molar refractivity (Wildman–Crippen MR) is 253 cm³/mol. The lowest BCUT2D eigenvalue weighted by molar-refractivity contribution is 0.562. The van der Waals surface area contributed by atoms with Gasteiger partial charge < -0.3 is 4.90 Å². The molecule has 0 fully saturated rings. The summed E-state index contributed by atoms with van der Waals surface area (Å²) in [5.74, 6) is 3.44. The maximum absolute atomic E-state index is 5.30. The van der Waals surface area contributed by atoms with Crippen LogP contribution in [0, 0.1) is 0 Å². The summed E-state index contributed by atoms with van der Waals surface area (Å²) in [5.41, 5.74) is 13.0. The van der Waals surface area contributed by atoms with Crippen molar-refractivity contribution in [3.05, 3.63) is 212 Å². The Hall–Kier alpha value is -7.96. The van der Waals surface area contributed by atoms with Gasteiger partial charge in [0.1, 0.15) is 11.6 Å². The Labute approximate surface area is 360 Å². The van der Waals surface area contributed by atoms with Gasteiger partial charge in [-0.3, -0.25) is 4.57 Å². The molecule has 3 aromatic heterocycles. The highest BCUT2D eigenvalue weighted by Crippen LogP contribution is 2.50. The van der Waals surface area contributed by atoms with Crippen LogP contribution in [-0.4, -0.2) is 30.5 Å². The van der Waals surface area contributed by atoms with Gasteiger partial charge in [0.2, 0.25) is 0 Å². The minimum absolute atomic E-state index is 0.245. The fraction of sp³-hybridized carbons (Fsp3) is 0.0714. The molecular weight excluding hydrogens is 757 g/mol. The van der Waals surface area contributed by atoms with Crippen LogP contribution in [0.15, 0.2) is 206 Å². The van der Waals surface area contributed by atoms with Crippen molar-refractivity contribution in [2.75, 3.05) is 4.90 Å². The molecule has 1 aliphatic carbocycles. The minimum atomic E-state index is 0.245. The maximum Gasteiger partial charge on any atom is 0.162 e. The molecule has 2 unspecified atom stereocenters. The number of aromatic nitrogens is 5. The molecule has 7 aromatic carbocycles. The molecule has 6 heteroatoms. The zero-order valence-corrected chi connectivity index (χ0v) is 33.9. The van der Waals surface area contributed by atoms with E-state index in [9.17, 15) is 0 Å². The summed E-state index contributed by atoms with van der Waals surface area (Å²) in [6.45, 7) is 0. The number of hydrogen-bond donors (Lipinski definition) is 0. The zero-order chi connectivity index (χ0) is 41.0. The van der Waals surface area contributed by atoms with Gasteiger partial charge in [0, 0.05) is 62.8 Å². The summed E-state index contributed by atoms with van der Waals surface area (Å²) in [4.78, 5) is 23.2. The highest BCUT2D eigenvalue weighted by atomic mass is 15.3. The molecule has 0 saturated heterocycles. The van der Waals surface area contributed by atoms with Crippen molar-refractivity contribution < 1.29 is 0 Å². The van der Waals surface area contributed by atoms with E-state index < -0.39 is 0 Å². The molecule has 4 heterocycles. The van der Waals surface area contributed by atoms with Crippen molar-refractivity contribution in [1.29, 1.82) is 0 Å². The first-order valence-electron chi connectivity index (χ1n) is 21.4. The molecule has 2 atom stereocenters. The van der Waals surface area contributed by atoms with Gasteiger partial charge in [-0.05, 0) is 59.9 Å². The van der Waals surface area contributed by atoms with Gasteiger partial charge in [0.15, 0.2) is 11.6 Å². The third-order valence-corrected chi connectivity index (χ3v) is 12.5. The Morgan fingerprint density at radius 1 is 0.419 bits per heavy atom. The third-order valence-electron chi connectivity index (χ3n) is 12.5. The van der Waals surface area contributed by atoms with Crippen molar-refractivity contribution in [3.8, 4) is 62.2 Å². The molecule has 294 valence electrons. The van der Waals surface area contributed by atoms with Gasteiger partial charge in [-0.1, -0.05) is 164 Å². The highest BCUT2D eigenvalue weighted by Gasteiger charge is 2.40. The molecule has 0 bridgehead atoms. The van der Waals surface area contributed by atoms with Gasteiger partial charge in [0.25, 0.3) is 0 Å². The second-order valence-electron chi connectivity index (χ2n) is 16.2. The molecular formula is C56H40N6. The van der Waals surface area contributed by atoms with Crippen molar-refractivity contribution in [3.63, 3.8) is 0 Å². The van der Waals surface area contributed by atoms with E-state index in [1.54, 1.807) is 0 Å². The van der Waals surface area contributed by atoms with Crippen molar-refractivity contribution in [1.82, 2.24) is 24.5 Å². The van der Waals surface area contributed by atoms with Crippen LogP contribution >= 0.6 is 0 Å². The zero-order valence-electron chi connectivity index (χ0n) is 33.9. The Kier molecular flexibility index (Phi) is 8.66. The van der Waals surface area contributed by atoms with E-state index in [2.05, 4.69) is 179 Å². The molecule has 1 aliphatic heterocycles. The number of fused-ring (bicyclic) bond motifs is 6. The van der Waals surface area contributed by atoms with Crippen LogP contribution in [0.25, 0.3) is 84.0 Å². The Morgan fingerprint density at radius 3 is 1.61 bits per heavy atom. The smallest absolute Gasteiger partial charge is 0.162 e. The van der Waals surface area contributed by atoms with Crippen LogP contribution in [-0.2, 0) is 0 Å². The van der Waals surface area contributed by atoms with Gasteiger partial charge in [-0.15, -0.1) is 0 Å². The number of benzene rings is 7. The predicted octanol–water partition coefficient (Wildman–Crippen LogP) is 13.7. The van der Waals surface area contributed by atoms with Crippen LogP contribution < -0.4 is 4.90 Å². The SMILES string of the molecule is C1=CC2c3cc(-c4ccc5c(c4)c4ccccc4n5-c4cc(-c5ccccc5)nc(-c5ccccc5)n4)ccc3N(c3cc(-c4ccccc4)nc(-c4ccccc4)n3)C2CC1. The summed E-state index contributed by atoms with van der Waals surface area (Å²) in [5, 5.41) is 2.36. The number of nitrogens with zero attached hydrogens (tertiary/aromatic N) is 6.